The zero-order valence-electron chi connectivity index (χ0n) is 11.0. The normalized spacial score (nSPS) is 11.1. The van der Waals surface area contributed by atoms with Gasteiger partial charge in [0.1, 0.15) is 0 Å². The van der Waals surface area contributed by atoms with Crippen molar-refractivity contribution in [2.75, 3.05) is 19.5 Å². The lowest BCUT2D eigenvalue weighted by Crippen LogP contribution is -2.21. The standard InChI is InChI=1S/C14H23NOS/c1-12(2)15-11-13-5-7-14(8-6-13)17-10-4-9-16-3/h5-8,12,15H,4,9-11H2,1-3H3. The lowest BCUT2D eigenvalue weighted by Gasteiger charge is -2.08. The van der Waals surface area contributed by atoms with Crippen molar-refractivity contribution in [1.82, 2.24) is 5.32 Å². The van der Waals surface area contributed by atoms with Crippen LogP contribution in [0.4, 0.5) is 0 Å². The van der Waals surface area contributed by atoms with Gasteiger partial charge in [-0.25, -0.2) is 0 Å². The summed E-state index contributed by atoms with van der Waals surface area (Å²) >= 11 is 1.89. The second-order valence-corrected chi connectivity index (χ2v) is 5.54. The second-order valence-electron chi connectivity index (χ2n) is 4.37. The monoisotopic (exact) mass is 253 g/mol. The van der Waals surface area contributed by atoms with Crippen LogP contribution in [0.15, 0.2) is 29.2 Å². The average Bonchev–Trinajstić information content (AvgIpc) is 2.33. The first-order valence-electron chi connectivity index (χ1n) is 6.16. The molecule has 2 nitrogen and oxygen atoms in total. The van der Waals surface area contributed by atoms with Gasteiger partial charge in [0, 0.05) is 37.0 Å². The Morgan fingerprint density at radius 3 is 2.53 bits per heavy atom. The molecule has 0 heterocycles. The Morgan fingerprint density at radius 2 is 1.94 bits per heavy atom. The molecule has 1 aromatic carbocycles. The van der Waals surface area contributed by atoms with E-state index >= 15 is 0 Å². The van der Waals surface area contributed by atoms with Gasteiger partial charge in [-0.2, -0.15) is 0 Å². The summed E-state index contributed by atoms with van der Waals surface area (Å²) in [6.45, 7) is 6.13. The van der Waals surface area contributed by atoms with Crippen LogP contribution in [-0.2, 0) is 11.3 Å². The van der Waals surface area contributed by atoms with Gasteiger partial charge in [0.2, 0.25) is 0 Å². The fourth-order valence-electron chi connectivity index (χ4n) is 1.42. The molecular weight excluding hydrogens is 230 g/mol. The Morgan fingerprint density at radius 1 is 1.24 bits per heavy atom. The maximum absolute atomic E-state index is 5.03. The minimum absolute atomic E-state index is 0.540. The van der Waals surface area contributed by atoms with Gasteiger partial charge < -0.3 is 10.1 Å². The van der Waals surface area contributed by atoms with Crippen molar-refractivity contribution in [1.29, 1.82) is 0 Å². The van der Waals surface area contributed by atoms with E-state index in [0.29, 0.717) is 6.04 Å². The Kier molecular flexibility index (Phi) is 7.33. The summed E-state index contributed by atoms with van der Waals surface area (Å²) in [5, 5.41) is 3.42. The molecule has 96 valence electrons. The Labute approximate surface area is 109 Å². The molecule has 0 fully saturated rings. The summed E-state index contributed by atoms with van der Waals surface area (Å²) in [6.07, 6.45) is 1.11. The number of thioether (sulfide) groups is 1. The minimum Gasteiger partial charge on any atom is -0.385 e. The smallest absolute Gasteiger partial charge is 0.0470 e. The van der Waals surface area contributed by atoms with E-state index < -0.39 is 0 Å². The first kappa shape index (κ1) is 14.6. The van der Waals surface area contributed by atoms with Crippen molar-refractivity contribution < 1.29 is 4.74 Å². The molecule has 17 heavy (non-hydrogen) atoms. The molecule has 1 aromatic rings. The molecule has 3 heteroatoms. The SMILES string of the molecule is COCCCSc1ccc(CNC(C)C)cc1. The molecule has 0 atom stereocenters. The van der Waals surface area contributed by atoms with Gasteiger partial charge in [-0.05, 0) is 24.1 Å². The number of methoxy groups -OCH3 is 1. The molecule has 0 spiro atoms. The predicted molar refractivity (Wildman–Crippen MR) is 75.6 cm³/mol. The molecule has 0 aliphatic rings. The topological polar surface area (TPSA) is 21.3 Å². The van der Waals surface area contributed by atoms with Crippen LogP contribution in [0.1, 0.15) is 25.8 Å². The third kappa shape index (κ3) is 6.71. The molecule has 0 bridgehead atoms. The summed E-state index contributed by atoms with van der Waals surface area (Å²) in [4.78, 5) is 1.34. The fraction of sp³-hybridized carbons (Fsp3) is 0.571. The second kappa shape index (κ2) is 8.56. The van der Waals surface area contributed by atoms with E-state index in [9.17, 15) is 0 Å². The van der Waals surface area contributed by atoms with Gasteiger partial charge in [-0.15, -0.1) is 11.8 Å². The van der Waals surface area contributed by atoms with E-state index in [4.69, 9.17) is 4.74 Å². The van der Waals surface area contributed by atoms with E-state index in [1.807, 2.05) is 11.8 Å². The summed E-state index contributed by atoms with van der Waals surface area (Å²) in [7, 11) is 1.75. The molecule has 0 radical (unpaired) electrons. The lowest BCUT2D eigenvalue weighted by molar-refractivity contribution is 0.200. The van der Waals surface area contributed by atoms with Crippen LogP contribution in [-0.4, -0.2) is 25.5 Å². The Bertz CT molecular complexity index is 298. The van der Waals surface area contributed by atoms with Crippen molar-refractivity contribution in [3.8, 4) is 0 Å². The van der Waals surface area contributed by atoms with E-state index in [0.717, 1.165) is 25.3 Å². The van der Waals surface area contributed by atoms with Gasteiger partial charge in [-0.1, -0.05) is 26.0 Å². The number of benzene rings is 1. The maximum atomic E-state index is 5.03. The molecule has 1 N–H and O–H groups in total. The number of nitrogens with one attached hydrogen (secondary N) is 1. The van der Waals surface area contributed by atoms with Crippen molar-refractivity contribution >= 4 is 11.8 Å². The number of rotatable bonds is 8. The van der Waals surface area contributed by atoms with Crippen LogP contribution in [0, 0.1) is 0 Å². The molecule has 0 unspecified atom stereocenters. The van der Waals surface area contributed by atoms with E-state index in [1.165, 1.54) is 10.5 Å². The highest BCUT2D eigenvalue weighted by Crippen LogP contribution is 2.19. The summed E-state index contributed by atoms with van der Waals surface area (Å²) < 4.78 is 5.03. The highest BCUT2D eigenvalue weighted by Gasteiger charge is 1.97. The molecular formula is C14H23NOS. The van der Waals surface area contributed by atoms with Gasteiger partial charge >= 0.3 is 0 Å². The first-order chi connectivity index (χ1) is 8.22. The van der Waals surface area contributed by atoms with Crippen LogP contribution in [0.25, 0.3) is 0 Å². The van der Waals surface area contributed by atoms with Crippen LogP contribution in [0.5, 0.6) is 0 Å². The maximum Gasteiger partial charge on any atom is 0.0470 e. The molecule has 0 aromatic heterocycles. The largest absolute Gasteiger partial charge is 0.385 e. The van der Waals surface area contributed by atoms with Crippen molar-refractivity contribution in [2.45, 2.75) is 37.8 Å². The summed E-state index contributed by atoms with van der Waals surface area (Å²) in [6, 6.07) is 9.35. The fourth-order valence-corrected chi connectivity index (χ4v) is 2.25. The van der Waals surface area contributed by atoms with Crippen LogP contribution in [0.2, 0.25) is 0 Å². The Hall–Kier alpha value is -0.510. The number of hydrogen-bond donors (Lipinski definition) is 1. The zero-order valence-corrected chi connectivity index (χ0v) is 11.8. The molecule has 0 aliphatic heterocycles. The van der Waals surface area contributed by atoms with Gasteiger partial charge in [0.05, 0.1) is 0 Å². The molecule has 0 saturated heterocycles. The molecule has 1 rings (SSSR count). The summed E-state index contributed by atoms with van der Waals surface area (Å²) in [5.41, 5.74) is 1.35. The number of ether oxygens (including phenoxy) is 1. The lowest BCUT2D eigenvalue weighted by atomic mass is 10.2. The number of hydrogen-bond acceptors (Lipinski definition) is 3. The summed E-state index contributed by atoms with van der Waals surface area (Å²) in [5.74, 6) is 1.12. The van der Waals surface area contributed by atoms with E-state index in [1.54, 1.807) is 7.11 Å². The quantitative estimate of drug-likeness (QED) is 0.567. The van der Waals surface area contributed by atoms with Gasteiger partial charge in [0.25, 0.3) is 0 Å². The van der Waals surface area contributed by atoms with Crippen LogP contribution >= 0.6 is 11.8 Å². The average molecular weight is 253 g/mol. The van der Waals surface area contributed by atoms with Crippen molar-refractivity contribution in [2.24, 2.45) is 0 Å². The van der Waals surface area contributed by atoms with Gasteiger partial charge in [-0.3, -0.25) is 0 Å². The highest BCUT2D eigenvalue weighted by atomic mass is 32.2. The third-order valence-corrected chi connectivity index (χ3v) is 3.50. The molecule has 0 aliphatic carbocycles. The Balaban J connectivity index is 2.29. The molecule has 0 saturated carbocycles. The van der Waals surface area contributed by atoms with Crippen molar-refractivity contribution in [3.63, 3.8) is 0 Å². The van der Waals surface area contributed by atoms with Crippen LogP contribution < -0.4 is 5.32 Å². The van der Waals surface area contributed by atoms with E-state index in [-0.39, 0.29) is 0 Å². The van der Waals surface area contributed by atoms with Crippen LogP contribution in [0.3, 0.4) is 0 Å². The van der Waals surface area contributed by atoms with Crippen molar-refractivity contribution in [3.05, 3.63) is 29.8 Å². The zero-order chi connectivity index (χ0) is 12.5. The highest BCUT2D eigenvalue weighted by molar-refractivity contribution is 7.99. The first-order valence-corrected chi connectivity index (χ1v) is 7.15. The molecule has 0 amide bonds. The third-order valence-electron chi connectivity index (χ3n) is 2.40. The van der Waals surface area contributed by atoms with E-state index in [2.05, 4.69) is 43.4 Å². The van der Waals surface area contributed by atoms with Gasteiger partial charge in [0.15, 0.2) is 0 Å². The minimum atomic E-state index is 0.540. The predicted octanol–water partition coefficient (Wildman–Crippen LogP) is 3.31.